The van der Waals surface area contributed by atoms with Crippen LogP contribution in [0, 0.1) is 0 Å². The van der Waals surface area contributed by atoms with Gasteiger partial charge in [0.1, 0.15) is 6.54 Å². The molecule has 0 saturated carbocycles. The first-order valence-corrected chi connectivity index (χ1v) is 12.8. The second-order valence-electron chi connectivity index (χ2n) is 9.00. The van der Waals surface area contributed by atoms with Gasteiger partial charge in [-0.05, 0) is 37.5 Å². The van der Waals surface area contributed by atoms with Crippen LogP contribution in [0.3, 0.4) is 0 Å². The molecule has 4 aromatic rings. The van der Waals surface area contributed by atoms with Gasteiger partial charge in [-0.3, -0.25) is 14.4 Å². The number of aromatic nitrogens is 1. The summed E-state index contributed by atoms with van der Waals surface area (Å²) >= 11 is 0. The van der Waals surface area contributed by atoms with Crippen molar-refractivity contribution in [2.24, 2.45) is 0 Å². The van der Waals surface area contributed by atoms with Crippen LogP contribution in [-0.2, 0) is 16.1 Å². The van der Waals surface area contributed by atoms with Crippen molar-refractivity contribution in [2.75, 3.05) is 19.6 Å². The number of hydrogen-bond acceptors (Lipinski definition) is 3. The Morgan fingerprint density at radius 1 is 0.811 bits per heavy atom. The van der Waals surface area contributed by atoms with Gasteiger partial charge in [0.25, 0.3) is 11.7 Å². The molecule has 0 fully saturated rings. The molecule has 0 aliphatic rings. The molecule has 1 aromatic heterocycles. The third-order valence-electron chi connectivity index (χ3n) is 6.78. The summed E-state index contributed by atoms with van der Waals surface area (Å²) in [7, 11) is 0. The van der Waals surface area contributed by atoms with Gasteiger partial charge < -0.3 is 14.8 Å². The fourth-order valence-corrected chi connectivity index (χ4v) is 4.81. The van der Waals surface area contributed by atoms with E-state index in [-0.39, 0.29) is 18.4 Å². The number of carbonyl (C=O) groups is 3. The number of para-hydroxylation sites is 1. The van der Waals surface area contributed by atoms with E-state index in [4.69, 9.17) is 0 Å². The lowest BCUT2D eigenvalue weighted by atomic mass is 9.88. The molecule has 0 atom stereocenters. The number of benzene rings is 3. The van der Waals surface area contributed by atoms with Crippen molar-refractivity contribution < 1.29 is 14.4 Å². The second-order valence-corrected chi connectivity index (χ2v) is 9.00. The molecule has 3 aromatic carbocycles. The first-order chi connectivity index (χ1) is 18.0. The van der Waals surface area contributed by atoms with Crippen LogP contribution in [0.1, 0.15) is 47.7 Å². The van der Waals surface area contributed by atoms with Crippen LogP contribution in [0.25, 0.3) is 10.9 Å². The number of Topliss-reactive ketones (excluding diaryl/α,β-unsaturated/α-hetero) is 1. The van der Waals surface area contributed by atoms with Gasteiger partial charge in [0.15, 0.2) is 0 Å². The number of nitrogens with one attached hydrogen (secondary N) is 1. The minimum atomic E-state index is -0.641. The van der Waals surface area contributed by atoms with Crippen LogP contribution in [-0.4, -0.2) is 46.7 Å². The zero-order valence-corrected chi connectivity index (χ0v) is 21.4. The number of likely N-dealkylation sites (N-methyl/N-ethyl adjacent to an activating group) is 1. The third-order valence-corrected chi connectivity index (χ3v) is 6.78. The van der Waals surface area contributed by atoms with Crippen molar-refractivity contribution in [3.8, 4) is 0 Å². The Morgan fingerprint density at radius 3 is 1.97 bits per heavy atom. The zero-order chi connectivity index (χ0) is 26.2. The first-order valence-electron chi connectivity index (χ1n) is 12.8. The van der Waals surface area contributed by atoms with E-state index in [1.807, 2.05) is 74.5 Å². The van der Waals surface area contributed by atoms with Crippen molar-refractivity contribution >= 4 is 28.5 Å². The Kier molecular flexibility index (Phi) is 8.52. The largest absolute Gasteiger partial charge is 0.349 e. The third kappa shape index (κ3) is 5.97. The molecular formula is C31H33N3O3. The maximum atomic E-state index is 13.2. The minimum absolute atomic E-state index is 0.0259. The molecule has 1 N–H and O–H groups in total. The maximum absolute atomic E-state index is 13.2. The normalized spacial score (nSPS) is 11.0. The summed E-state index contributed by atoms with van der Waals surface area (Å²) in [5.74, 6) is -1.16. The number of hydrogen-bond donors (Lipinski definition) is 1. The number of carbonyl (C=O) groups excluding carboxylic acids is 3. The van der Waals surface area contributed by atoms with Gasteiger partial charge in [0.2, 0.25) is 5.91 Å². The summed E-state index contributed by atoms with van der Waals surface area (Å²) < 4.78 is 1.76. The van der Waals surface area contributed by atoms with Crippen LogP contribution in [0.15, 0.2) is 91.1 Å². The van der Waals surface area contributed by atoms with Crippen LogP contribution >= 0.6 is 0 Å². The molecule has 1 heterocycles. The standard InChI is InChI=1S/C31H33N3O3/c1-3-33(4-2)29(35)22-34-21-27(26-17-11-12-18-28(26)34)30(36)31(37)32-20-19-25(23-13-7-5-8-14-23)24-15-9-6-10-16-24/h5-18,21,25H,3-4,19-20,22H2,1-2H3,(H,32,37). The summed E-state index contributed by atoms with van der Waals surface area (Å²) in [6, 6.07) is 27.7. The fourth-order valence-electron chi connectivity index (χ4n) is 4.81. The van der Waals surface area contributed by atoms with E-state index in [0.29, 0.717) is 37.0 Å². The van der Waals surface area contributed by atoms with E-state index in [1.165, 1.54) is 0 Å². The number of rotatable bonds is 11. The van der Waals surface area contributed by atoms with Gasteiger partial charge in [-0.25, -0.2) is 0 Å². The van der Waals surface area contributed by atoms with E-state index in [2.05, 4.69) is 29.6 Å². The first kappa shape index (κ1) is 25.9. The van der Waals surface area contributed by atoms with E-state index in [0.717, 1.165) is 16.6 Å². The zero-order valence-electron chi connectivity index (χ0n) is 21.4. The van der Waals surface area contributed by atoms with E-state index in [9.17, 15) is 14.4 Å². The van der Waals surface area contributed by atoms with Crippen molar-refractivity contribution in [3.05, 3.63) is 108 Å². The molecule has 0 aliphatic heterocycles. The molecule has 2 amide bonds. The number of fused-ring (bicyclic) bond motifs is 1. The SMILES string of the molecule is CCN(CC)C(=O)Cn1cc(C(=O)C(=O)NCCC(c2ccccc2)c2ccccc2)c2ccccc21. The van der Waals surface area contributed by atoms with E-state index < -0.39 is 11.7 Å². The highest BCUT2D eigenvalue weighted by Gasteiger charge is 2.23. The molecule has 190 valence electrons. The summed E-state index contributed by atoms with van der Waals surface area (Å²) in [4.78, 5) is 40.6. The molecule has 37 heavy (non-hydrogen) atoms. The molecule has 0 saturated heterocycles. The maximum Gasteiger partial charge on any atom is 0.292 e. The van der Waals surface area contributed by atoms with Crippen molar-refractivity contribution in [3.63, 3.8) is 0 Å². The Hall–Kier alpha value is -4.19. The quantitative estimate of drug-likeness (QED) is 0.234. The van der Waals surface area contributed by atoms with Gasteiger partial charge >= 0.3 is 0 Å². The topological polar surface area (TPSA) is 71.4 Å². The van der Waals surface area contributed by atoms with Gasteiger partial charge in [0, 0.05) is 42.7 Å². The molecule has 0 spiro atoms. The Balaban J connectivity index is 1.48. The molecular weight excluding hydrogens is 462 g/mol. The van der Waals surface area contributed by atoms with Crippen LogP contribution < -0.4 is 5.32 Å². The predicted octanol–water partition coefficient (Wildman–Crippen LogP) is 5.03. The average Bonchev–Trinajstić information content (AvgIpc) is 3.30. The Morgan fingerprint density at radius 2 is 1.38 bits per heavy atom. The summed E-state index contributed by atoms with van der Waals surface area (Å²) in [6.45, 7) is 5.60. The summed E-state index contributed by atoms with van der Waals surface area (Å²) in [5, 5.41) is 3.50. The molecule has 0 aliphatic carbocycles. The lowest BCUT2D eigenvalue weighted by molar-refractivity contribution is -0.131. The van der Waals surface area contributed by atoms with E-state index >= 15 is 0 Å². The highest BCUT2D eigenvalue weighted by atomic mass is 16.2. The van der Waals surface area contributed by atoms with Gasteiger partial charge in [-0.15, -0.1) is 0 Å². The lowest BCUT2D eigenvalue weighted by Gasteiger charge is -2.19. The van der Waals surface area contributed by atoms with Gasteiger partial charge in [0.05, 0.1) is 5.56 Å². The minimum Gasteiger partial charge on any atom is -0.349 e. The van der Waals surface area contributed by atoms with Gasteiger partial charge in [-0.2, -0.15) is 0 Å². The molecule has 0 radical (unpaired) electrons. The number of nitrogens with zero attached hydrogens (tertiary/aromatic N) is 2. The molecule has 6 nitrogen and oxygen atoms in total. The van der Waals surface area contributed by atoms with Crippen LogP contribution in [0.5, 0.6) is 0 Å². The van der Waals surface area contributed by atoms with Crippen molar-refractivity contribution in [2.45, 2.75) is 32.7 Å². The Bertz CT molecular complexity index is 1320. The van der Waals surface area contributed by atoms with Crippen molar-refractivity contribution in [1.82, 2.24) is 14.8 Å². The molecule has 6 heteroatoms. The summed E-state index contributed by atoms with van der Waals surface area (Å²) in [6.07, 6.45) is 2.29. The molecule has 4 rings (SSSR count). The average molecular weight is 496 g/mol. The second kappa shape index (κ2) is 12.2. The Labute approximate surface area is 217 Å². The van der Waals surface area contributed by atoms with Gasteiger partial charge in [-0.1, -0.05) is 78.9 Å². The highest BCUT2D eigenvalue weighted by Crippen LogP contribution is 2.27. The highest BCUT2D eigenvalue weighted by molar-refractivity contribution is 6.45. The molecule has 0 bridgehead atoms. The summed E-state index contributed by atoms with van der Waals surface area (Å²) in [5.41, 5.74) is 3.39. The smallest absolute Gasteiger partial charge is 0.292 e. The van der Waals surface area contributed by atoms with Crippen LogP contribution in [0.2, 0.25) is 0 Å². The monoisotopic (exact) mass is 495 g/mol. The van der Waals surface area contributed by atoms with Crippen LogP contribution in [0.4, 0.5) is 0 Å². The fraction of sp³-hybridized carbons (Fsp3) is 0.258. The van der Waals surface area contributed by atoms with Crippen molar-refractivity contribution in [1.29, 1.82) is 0 Å². The lowest BCUT2D eigenvalue weighted by Crippen LogP contribution is -2.33. The number of amides is 2. The predicted molar refractivity (Wildman–Crippen MR) is 147 cm³/mol. The van der Waals surface area contributed by atoms with E-state index in [1.54, 1.807) is 15.7 Å². The number of ketones is 1. The molecule has 0 unspecified atom stereocenters.